The molecule has 1 atom stereocenters. The van der Waals surface area contributed by atoms with Crippen LogP contribution in [0.1, 0.15) is 27.2 Å². The molecule has 5 nitrogen and oxygen atoms in total. The van der Waals surface area contributed by atoms with Crippen molar-refractivity contribution in [2.24, 2.45) is 5.92 Å². The molecule has 1 amide bonds. The average Bonchev–Trinajstić information content (AvgIpc) is 2.38. The van der Waals surface area contributed by atoms with Crippen LogP contribution >= 0.6 is 11.6 Å². The van der Waals surface area contributed by atoms with Crippen LogP contribution in [-0.2, 0) is 14.6 Å². The van der Waals surface area contributed by atoms with Crippen LogP contribution in [-0.4, -0.2) is 25.3 Å². The Balaban J connectivity index is 2.78. The van der Waals surface area contributed by atoms with Crippen molar-refractivity contribution in [1.82, 2.24) is 0 Å². The lowest BCUT2D eigenvalue weighted by Crippen LogP contribution is -2.34. The number of carbonyl (C=O) groups is 1. The predicted octanol–water partition coefficient (Wildman–Crippen LogP) is 2.71. The summed E-state index contributed by atoms with van der Waals surface area (Å²) in [6.07, 6.45) is 0.531. The number of hydrogen-bond acceptors (Lipinski definition) is 4. The minimum Gasteiger partial charge on any atom is -0.397 e. The summed E-state index contributed by atoms with van der Waals surface area (Å²) >= 11 is 5.77. The summed E-state index contributed by atoms with van der Waals surface area (Å²) in [5, 5.41) is 1.86. The van der Waals surface area contributed by atoms with Gasteiger partial charge in [0.05, 0.1) is 17.1 Å². The number of nitrogens with two attached hydrogens (primary N) is 1. The van der Waals surface area contributed by atoms with E-state index in [1.807, 2.05) is 13.8 Å². The molecule has 0 bridgehead atoms. The first-order chi connectivity index (χ1) is 9.63. The second-order valence-electron chi connectivity index (χ2n) is 5.41. The van der Waals surface area contributed by atoms with Gasteiger partial charge >= 0.3 is 0 Å². The number of anilines is 2. The van der Waals surface area contributed by atoms with Gasteiger partial charge in [-0.05, 0) is 37.5 Å². The summed E-state index contributed by atoms with van der Waals surface area (Å²) in [7, 11) is -3.47. The highest BCUT2D eigenvalue weighted by Crippen LogP contribution is 2.23. The first-order valence-electron chi connectivity index (χ1n) is 6.71. The summed E-state index contributed by atoms with van der Waals surface area (Å²) in [6, 6.07) is 4.61. The lowest BCUT2D eigenvalue weighted by molar-refractivity contribution is -0.115. The van der Waals surface area contributed by atoms with Gasteiger partial charge in [0.15, 0.2) is 9.84 Å². The molecular formula is C14H21ClN2O3S. The van der Waals surface area contributed by atoms with Crippen molar-refractivity contribution in [3.63, 3.8) is 0 Å². The highest BCUT2D eigenvalue weighted by atomic mass is 35.5. The van der Waals surface area contributed by atoms with Gasteiger partial charge < -0.3 is 11.1 Å². The largest absolute Gasteiger partial charge is 0.397 e. The molecule has 1 unspecified atom stereocenters. The van der Waals surface area contributed by atoms with Crippen molar-refractivity contribution in [2.75, 3.05) is 16.8 Å². The average molecular weight is 333 g/mol. The Morgan fingerprint density at radius 2 is 1.95 bits per heavy atom. The summed E-state index contributed by atoms with van der Waals surface area (Å²) in [5.41, 5.74) is 6.38. The van der Waals surface area contributed by atoms with Crippen LogP contribution in [0.15, 0.2) is 18.2 Å². The number of nitrogens with one attached hydrogen (secondary N) is 1. The highest BCUT2D eigenvalue weighted by molar-refractivity contribution is 7.92. The topological polar surface area (TPSA) is 89.3 Å². The molecule has 3 N–H and O–H groups in total. The van der Waals surface area contributed by atoms with Crippen molar-refractivity contribution < 1.29 is 13.2 Å². The lowest BCUT2D eigenvalue weighted by atomic mass is 10.2. The van der Waals surface area contributed by atoms with Crippen LogP contribution < -0.4 is 11.1 Å². The number of hydrogen-bond donors (Lipinski definition) is 2. The van der Waals surface area contributed by atoms with E-state index in [9.17, 15) is 13.2 Å². The molecule has 118 valence electrons. The van der Waals surface area contributed by atoms with Gasteiger partial charge in [-0.25, -0.2) is 8.42 Å². The molecule has 0 heterocycles. The minimum atomic E-state index is -3.47. The van der Waals surface area contributed by atoms with Crippen LogP contribution in [0.3, 0.4) is 0 Å². The zero-order valence-electron chi connectivity index (χ0n) is 12.4. The molecule has 0 saturated heterocycles. The Bertz CT molecular complexity index is 615. The molecule has 0 fully saturated rings. The third kappa shape index (κ3) is 5.21. The van der Waals surface area contributed by atoms with Crippen molar-refractivity contribution in [3.8, 4) is 0 Å². The maximum atomic E-state index is 12.1. The fourth-order valence-corrected chi connectivity index (χ4v) is 3.34. The third-order valence-electron chi connectivity index (χ3n) is 3.16. The van der Waals surface area contributed by atoms with Gasteiger partial charge in [-0.2, -0.15) is 0 Å². The molecule has 0 spiro atoms. The maximum Gasteiger partial charge on any atom is 0.242 e. The second kappa shape index (κ2) is 7.13. The monoisotopic (exact) mass is 332 g/mol. The van der Waals surface area contributed by atoms with Crippen molar-refractivity contribution >= 4 is 38.7 Å². The fraction of sp³-hybridized carbons (Fsp3) is 0.500. The second-order valence-corrected chi connectivity index (χ2v) is 8.29. The standard InChI is InChI=1S/C14H21ClN2O3S/c1-9(2)6-7-21(19,20)10(3)14(18)17-13-5-4-11(15)8-12(13)16/h4-5,8-10H,6-7,16H2,1-3H3,(H,17,18). The zero-order valence-corrected chi connectivity index (χ0v) is 14.0. The first kappa shape index (κ1) is 17.8. The minimum absolute atomic E-state index is 0.00461. The Kier molecular flexibility index (Phi) is 6.04. The first-order valence-corrected chi connectivity index (χ1v) is 8.80. The van der Waals surface area contributed by atoms with E-state index < -0.39 is 21.0 Å². The molecule has 1 aromatic rings. The summed E-state index contributed by atoms with van der Waals surface area (Å²) in [6.45, 7) is 5.26. The Hall–Kier alpha value is -1.27. The smallest absolute Gasteiger partial charge is 0.242 e. The SMILES string of the molecule is CC(C)CCS(=O)(=O)C(C)C(=O)Nc1ccc(Cl)cc1N. The number of rotatable bonds is 6. The van der Waals surface area contributed by atoms with Crippen molar-refractivity contribution in [1.29, 1.82) is 0 Å². The van der Waals surface area contributed by atoms with Crippen LogP contribution in [0.5, 0.6) is 0 Å². The van der Waals surface area contributed by atoms with Gasteiger partial charge in [-0.15, -0.1) is 0 Å². The zero-order chi connectivity index (χ0) is 16.2. The maximum absolute atomic E-state index is 12.1. The molecule has 0 aromatic heterocycles. The van der Waals surface area contributed by atoms with Gasteiger partial charge in [0.1, 0.15) is 5.25 Å². The Labute approximate surface area is 130 Å². The number of amides is 1. The summed E-state index contributed by atoms with van der Waals surface area (Å²) in [5.74, 6) is -0.329. The van der Waals surface area contributed by atoms with Gasteiger partial charge in [-0.1, -0.05) is 25.4 Å². The van der Waals surface area contributed by atoms with E-state index in [4.69, 9.17) is 17.3 Å². The quantitative estimate of drug-likeness (QED) is 0.784. The predicted molar refractivity (Wildman–Crippen MR) is 87.2 cm³/mol. The van der Waals surface area contributed by atoms with Gasteiger partial charge in [0, 0.05) is 5.02 Å². The Morgan fingerprint density at radius 1 is 1.33 bits per heavy atom. The molecule has 0 aliphatic rings. The molecular weight excluding hydrogens is 312 g/mol. The normalized spacial score (nSPS) is 13.2. The van der Waals surface area contributed by atoms with E-state index in [2.05, 4.69) is 5.32 Å². The number of carbonyl (C=O) groups excluding carboxylic acids is 1. The van der Waals surface area contributed by atoms with Gasteiger partial charge in [0.2, 0.25) is 5.91 Å². The summed E-state index contributed by atoms with van der Waals surface area (Å²) < 4.78 is 24.2. The molecule has 1 rings (SSSR count). The molecule has 0 aliphatic carbocycles. The lowest BCUT2D eigenvalue weighted by Gasteiger charge is -2.15. The number of benzene rings is 1. The van der Waals surface area contributed by atoms with Crippen LogP contribution in [0.4, 0.5) is 11.4 Å². The molecule has 0 saturated carbocycles. The summed E-state index contributed by atoms with van der Waals surface area (Å²) in [4.78, 5) is 12.1. The van der Waals surface area contributed by atoms with E-state index in [0.717, 1.165) is 0 Å². The van der Waals surface area contributed by atoms with E-state index >= 15 is 0 Å². The van der Waals surface area contributed by atoms with E-state index in [-0.39, 0.29) is 11.7 Å². The van der Waals surface area contributed by atoms with E-state index in [0.29, 0.717) is 22.8 Å². The van der Waals surface area contributed by atoms with Gasteiger partial charge in [-0.3, -0.25) is 4.79 Å². The molecule has 7 heteroatoms. The third-order valence-corrected chi connectivity index (χ3v) is 5.49. The number of sulfone groups is 1. The van der Waals surface area contributed by atoms with E-state index in [1.54, 1.807) is 12.1 Å². The number of halogens is 1. The van der Waals surface area contributed by atoms with E-state index in [1.165, 1.54) is 13.0 Å². The highest BCUT2D eigenvalue weighted by Gasteiger charge is 2.28. The van der Waals surface area contributed by atoms with Gasteiger partial charge in [0.25, 0.3) is 0 Å². The van der Waals surface area contributed by atoms with Crippen molar-refractivity contribution in [2.45, 2.75) is 32.4 Å². The van der Waals surface area contributed by atoms with Crippen LogP contribution in [0.2, 0.25) is 5.02 Å². The van der Waals surface area contributed by atoms with Crippen molar-refractivity contribution in [3.05, 3.63) is 23.2 Å². The number of nitrogen functional groups attached to an aromatic ring is 1. The Morgan fingerprint density at radius 3 is 2.48 bits per heavy atom. The van der Waals surface area contributed by atoms with Crippen LogP contribution in [0.25, 0.3) is 0 Å². The molecule has 1 aromatic carbocycles. The van der Waals surface area contributed by atoms with Crippen LogP contribution in [0, 0.1) is 5.92 Å². The fourth-order valence-electron chi connectivity index (χ4n) is 1.62. The molecule has 0 radical (unpaired) electrons. The molecule has 0 aliphatic heterocycles. The molecule has 21 heavy (non-hydrogen) atoms.